The molecule has 1 unspecified atom stereocenters. The number of aromatic hydroxyl groups is 1. The van der Waals surface area contributed by atoms with Crippen molar-refractivity contribution >= 4 is 15.9 Å². The van der Waals surface area contributed by atoms with Gasteiger partial charge in [-0.25, -0.2) is 0 Å². The second-order valence-electron chi connectivity index (χ2n) is 3.42. The lowest BCUT2D eigenvalue weighted by Crippen LogP contribution is -2.25. The molecular weight excluding hydrogens is 258 g/mol. The van der Waals surface area contributed by atoms with Gasteiger partial charge < -0.3 is 15.2 Å². The van der Waals surface area contributed by atoms with E-state index in [4.69, 9.17) is 4.74 Å². The molecule has 0 aliphatic carbocycles. The Labute approximate surface area is 98.6 Å². The van der Waals surface area contributed by atoms with E-state index < -0.39 is 0 Å². The summed E-state index contributed by atoms with van der Waals surface area (Å²) in [4.78, 5) is 0. The molecule has 15 heavy (non-hydrogen) atoms. The summed E-state index contributed by atoms with van der Waals surface area (Å²) in [5, 5.41) is 12.9. The summed E-state index contributed by atoms with van der Waals surface area (Å²) < 4.78 is 5.83. The van der Waals surface area contributed by atoms with Gasteiger partial charge in [0.05, 0.1) is 10.6 Å². The van der Waals surface area contributed by atoms with Crippen molar-refractivity contribution in [1.82, 2.24) is 5.32 Å². The Morgan fingerprint density at radius 2 is 2.27 bits per heavy atom. The zero-order valence-corrected chi connectivity index (χ0v) is 10.5. The Hall–Kier alpha value is -0.580. The van der Waals surface area contributed by atoms with Crippen LogP contribution in [0.3, 0.4) is 0 Å². The Morgan fingerprint density at radius 1 is 1.53 bits per heavy atom. The van der Waals surface area contributed by atoms with Gasteiger partial charge in [0.2, 0.25) is 0 Å². The van der Waals surface area contributed by atoms with Crippen LogP contribution < -0.4 is 5.32 Å². The predicted octanol–water partition coefficient (Wildman–Crippen LogP) is 2.28. The monoisotopic (exact) mass is 273 g/mol. The number of rotatable bonds is 5. The maximum atomic E-state index is 9.70. The highest BCUT2D eigenvalue weighted by Crippen LogP contribution is 2.27. The van der Waals surface area contributed by atoms with Crippen molar-refractivity contribution in [2.24, 2.45) is 0 Å². The van der Waals surface area contributed by atoms with E-state index >= 15 is 0 Å². The van der Waals surface area contributed by atoms with Crippen LogP contribution in [0.2, 0.25) is 0 Å². The molecule has 0 saturated carbocycles. The highest BCUT2D eigenvalue weighted by atomic mass is 79.9. The summed E-state index contributed by atoms with van der Waals surface area (Å²) in [6, 6.07) is 5.61. The summed E-state index contributed by atoms with van der Waals surface area (Å²) >= 11 is 3.28. The van der Waals surface area contributed by atoms with Gasteiger partial charge in [-0.05, 0) is 28.9 Å². The number of hydrogen-bond acceptors (Lipinski definition) is 3. The molecule has 0 aliphatic heterocycles. The molecule has 0 fully saturated rings. The maximum Gasteiger partial charge on any atom is 0.134 e. The fourth-order valence-electron chi connectivity index (χ4n) is 1.20. The van der Waals surface area contributed by atoms with E-state index in [-0.39, 0.29) is 6.10 Å². The summed E-state index contributed by atoms with van der Waals surface area (Å²) in [5.41, 5.74) is 0.882. The van der Waals surface area contributed by atoms with Gasteiger partial charge in [0.1, 0.15) is 5.75 Å². The number of phenols is 1. The van der Waals surface area contributed by atoms with E-state index in [9.17, 15) is 5.11 Å². The molecule has 0 aromatic heterocycles. The summed E-state index contributed by atoms with van der Waals surface area (Å²) in [6.45, 7) is 3.40. The van der Waals surface area contributed by atoms with Crippen molar-refractivity contribution in [1.29, 1.82) is 0 Å². The second kappa shape index (κ2) is 6.10. The first-order valence-corrected chi connectivity index (χ1v) is 5.64. The smallest absolute Gasteiger partial charge is 0.134 e. The fraction of sp³-hybridized carbons (Fsp3) is 0.455. The molecule has 0 bridgehead atoms. The van der Waals surface area contributed by atoms with E-state index in [0.717, 1.165) is 16.6 Å². The van der Waals surface area contributed by atoms with Crippen LogP contribution in [0, 0.1) is 0 Å². The number of benzene rings is 1. The Balaban J connectivity index is 2.47. The van der Waals surface area contributed by atoms with Crippen LogP contribution in [0.5, 0.6) is 5.75 Å². The number of halogens is 1. The van der Waals surface area contributed by atoms with Gasteiger partial charge in [0.15, 0.2) is 0 Å². The molecule has 0 saturated heterocycles. The molecular formula is C11H16BrNO2. The van der Waals surface area contributed by atoms with Gasteiger partial charge >= 0.3 is 0 Å². The third-order valence-electron chi connectivity index (χ3n) is 2.22. The molecule has 1 atom stereocenters. The molecule has 0 aliphatic rings. The van der Waals surface area contributed by atoms with Gasteiger partial charge in [-0.15, -0.1) is 0 Å². The lowest BCUT2D eigenvalue weighted by molar-refractivity contribution is 0.117. The van der Waals surface area contributed by atoms with Crippen molar-refractivity contribution in [2.75, 3.05) is 13.7 Å². The van der Waals surface area contributed by atoms with Crippen LogP contribution >= 0.6 is 15.9 Å². The van der Waals surface area contributed by atoms with Gasteiger partial charge in [0, 0.05) is 25.8 Å². The summed E-state index contributed by atoms with van der Waals surface area (Å²) in [5.74, 6) is 0.301. The first-order chi connectivity index (χ1) is 7.15. The number of ether oxygens (including phenoxy) is 1. The van der Waals surface area contributed by atoms with Crippen molar-refractivity contribution in [3.8, 4) is 5.75 Å². The third-order valence-corrected chi connectivity index (χ3v) is 2.86. The minimum Gasteiger partial charge on any atom is -0.506 e. The van der Waals surface area contributed by atoms with E-state index in [2.05, 4.69) is 21.2 Å². The summed E-state index contributed by atoms with van der Waals surface area (Å²) in [6.07, 6.45) is 0.180. The van der Waals surface area contributed by atoms with E-state index in [1.807, 2.05) is 25.1 Å². The largest absolute Gasteiger partial charge is 0.506 e. The average Bonchev–Trinajstić information content (AvgIpc) is 2.24. The Kier molecular flexibility index (Phi) is 5.08. The van der Waals surface area contributed by atoms with E-state index in [1.54, 1.807) is 7.11 Å². The lowest BCUT2D eigenvalue weighted by atomic mass is 10.2. The number of phenolic OH excluding ortho intramolecular Hbond substituents is 1. The normalized spacial score (nSPS) is 12.7. The summed E-state index contributed by atoms with van der Waals surface area (Å²) in [7, 11) is 1.68. The highest BCUT2D eigenvalue weighted by molar-refractivity contribution is 9.10. The number of hydrogen-bond donors (Lipinski definition) is 2. The van der Waals surface area contributed by atoms with E-state index in [1.165, 1.54) is 0 Å². The van der Waals surface area contributed by atoms with Crippen molar-refractivity contribution in [2.45, 2.75) is 19.6 Å². The highest BCUT2D eigenvalue weighted by Gasteiger charge is 2.04. The Bertz CT molecular complexity index is 317. The quantitative estimate of drug-likeness (QED) is 0.865. The number of methoxy groups -OCH3 is 1. The van der Waals surface area contributed by atoms with Gasteiger partial charge in [0.25, 0.3) is 0 Å². The zero-order valence-electron chi connectivity index (χ0n) is 8.96. The van der Waals surface area contributed by atoms with Crippen LogP contribution in [-0.2, 0) is 11.3 Å². The predicted molar refractivity (Wildman–Crippen MR) is 64.0 cm³/mol. The van der Waals surface area contributed by atoms with Crippen molar-refractivity contribution in [3.63, 3.8) is 0 Å². The molecule has 3 nitrogen and oxygen atoms in total. The molecule has 4 heteroatoms. The van der Waals surface area contributed by atoms with Crippen molar-refractivity contribution < 1.29 is 9.84 Å². The lowest BCUT2D eigenvalue weighted by Gasteiger charge is -2.11. The molecule has 2 N–H and O–H groups in total. The number of para-hydroxylation sites is 1. The molecule has 0 spiro atoms. The fourth-order valence-corrected chi connectivity index (χ4v) is 1.60. The third kappa shape index (κ3) is 3.81. The van der Waals surface area contributed by atoms with Crippen LogP contribution in [0.1, 0.15) is 12.5 Å². The molecule has 0 radical (unpaired) electrons. The van der Waals surface area contributed by atoms with E-state index in [0.29, 0.717) is 12.3 Å². The topological polar surface area (TPSA) is 41.5 Å². The Morgan fingerprint density at radius 3 is 2.93 bits per heavy atom. The number of nitrogens with one attached hydrogen (secondary N) is 1. The van der Waals surface area contributed by atoms with Crippen LogP contribution in [0.15, 0.2) is 22.7 Å². The van der Waals surface area contributed by atoms with Crippen molar-refractivity contribution in [3.05, 3.63) is 28.2 Å². The van der Waals surface area contributed by atoms with Gasteiger partial charge in [-0.3, -0.25) is 0 Å². The molecule has 1 aromatic rings. The van der Waals surface area contributed by atoms with Gasteiger partial charge in [-0.1, -0.05) is 12.1 Å². The molecule has 1 aromatic carbocycles. The minimum atomic E-state index is 0.180. The van der Waals surface area contributed by atoms with Crippen LogP contribution in [0.4, 0.5) is 0 Å². The SMILES string of the molecule is COC(C)CNCc1cccc(Br)c1O. The van der Waals surface area contributed by atoms with Crippen LogP contribution in [0.25, 0.3) is 0 Å². The second-order valence-corrected chi connectivity index (χ2v) is 4.28. The first kappa shape index (κ1) is 12.5. The molecule has 0 heterocycles. The standard InChI is InChI=1S/C11H16BrNO2/c1-8(15-2)6-13-7-9-4-3-5-10(12)11(9)14/h3-5,8,13-14H,6-7H2,1-2H3. The minimum absolute atomic E-state index is 0.180. The zero-order chi connectivity index (χ0) is 11.3. The molecule has 1 rings (SSSR count). The molecule has 84 valence electrons. The van der Waals surface area contributed by atoms with Gasteiger partial charge in [-0.2, -0.15) is 0 Å². The maximum absolute atomic E-state index is 9.70. The first-order valence-electron chi connectivity index (χ1n) is 4.85. The van der Waals surface area contributed by atoms with Crippen LogP contribution in [-0.4, -0.2) is 24.9 Å². The average molecular weight is 274 g/mol. The molecule has 0 amide bonds.